The van der Waals surface area contributed by atoms with E-state index in [9.17, 15) is 15.3 Å². The van der Waals surface area contributed by atoms with Gasteiger partial charge in [-0.25, -0.2) is 0 Å². The van der Waals surface area contributed by atoms with Crippen LogP contribution in [0.4, 0.5) is 0 Å². The Morgan fingerprint density at radius 2 is 0.822 bits per heavy atom. The van der Waals surface area contributed by atoms with Gasteiger partial charge < -0.3 is 39.0 Å². The van der Waals surface area contributed by atoms with Gasteiger partial charge in [-0.2, -0.15) is 0 Å². The molecule has 8 nitrogen and oxygen atoms in total. The summed E-state index contributed by atoms with van der Waals surface area (Å²) >= 11 is 0. The highest BCUT2D eigenvalue weighted by molar-refractivity contribution is 5.59. The molecule has 0 aromatic heterocycles. The number of aromatic hydroxyl groups is 3. The molecule has 248 valence electrons. The molecule has 0 saturated heterocycles. The molecule has 0 aliphatic carbocycles. The van der Waals surface area contributed by atoms with E-state index in [2.05, 4.69) is 6.92 Å². The van der Waals surface area contributed by atoms with E-state index in [0.717, 1.165) is 27.8 Å². The molecule has 45 heavy (non-hydrogen) atoms. The summed E-state index contributed by atoms with van der Waals surface area (Å²) in [6, 6.07) is 12.0. The molecule has 0 radical (unpaired) electrons. The SMILES string of the molecule is CCOCCc1cc(C(C)(c2cc(C)c(O)c(COCC)c2)c2cc(COCC)c(O)c(COCC)c2)cc(COCC)c1O. The van der Waals surface area contributed by atoms with Crippen molar-refractivity contribution < 1.29 is 39.0 Å². The maximum Gasteiger partial charge on any atom is 0.126 e. The highest BCUT2D eigenvalue weighted by Crippen LogP contribution is 2.45. The molecule has 1 atom stereocenters. The van der Waals surface area contributed by atoms with Gasteiger partial charge in [0.25, 0.3) is 0 Å². The molecule has 1 unspecified atom stereocenters. The first-order chi connectivity index (χ1) is 21.7. The minimum atomic E-state index is -0.815. The van der Waals surface area contributed by atoms with Gasteiger partial charge in [0.15, 0.2) is 0 Å². The van der Waals surface area contributed by atoms with Crippen LogP contribution in [-0.2, 0) is 61.9 Å². The van der Waals surface area contributed by atoms with E-state index in [-0.39, 0.29) is 43.7 Å². The molecule has 0 saturated carbocycles. The Hall–Kier alpha value is -3.14. The summed E-state index contributed by atoms with van der Waals surface area (Å²) in [6.07, 6.45) is 0.521. The van der Waals surface area contributed by atoms with Gasteiger partial charge in [0.2, 0.25) is 0 Å². The van der Waals surface area contributed by atoms with Crippen LogP contribution in [0.1, 0.15) is 91.6 Å². The standard InChI is InChI=1S/C37H52O8/c1-8-41-14-13-26-16-32(18-28(35(26)39)22-43-10-3)37(7,31-15-25(6)34(38)27(17-31)21-42-9-2)33-19-29(23-44-11-4)36(40)30(20-33)24-45-12-5/h15-20,38-40H,8-14,21-24H2,1-7H3. The maximum atomic E-state index is 11.3. The normalized spacial score (nSPS) is 12.9. The van der Waals surface area contributed by atoms with Gasteiger partial charge in [0.05, 0.1) is 33.0 Å². The Morgan fingerprint density at radius 1 is 0.489 bits per heavy atom. The van der Waals surface area contributed by atoms with Gasteiger partial charge in [-0.15, -0.1) is 0 Å². The monoisotopic (exact) mass is 624 g/mol. The molecule has 0 amide bonds. The van der Waals surface area contributed by atoms with Crippen molar-refractivity contribution in [2.45, 2.75) is 86.7 Å². The van der Waals surface area contributed by atoms with Crippen molar-refractivity contribution in [3.05, 3.63) is 86.5 Å². The zero-order valence-electron chi connectivity index (χ0n) is 28.1. The van der Waals surface area contributed by atoms with Crippen LogP contribution in [0.3, 0.4) is 0 Å². The van der Waals surface area contributed by atoms with Gasteiger partial charge in [0, 0.05) is 60.7 Å². The first-order valence-corrected chi connectivity index (χ1v) is 16.1. The minimum Gasteiger partial charge on any atom is -0.507 e. The molecule has 3 N–H and O–H groups in total. The van der Waals surface area contributed by atoms with Crippen LogP contribution in [-0.4, -0.2) is 55.0 Å². The first kappa shape index (κ1) is 36.3. The number of phenols is 3. The number of hydrogen-bond donors (Lipinski definition) is 3. The molecular weight excluding hydrogens is 572 g/mol. The lowest BCUT2D eigenvalue weighted by atomic mass is 9.69. The molecule has 3 aromatic carbocycles. The van der Waals surface area contributed by atoms with Crippen molar-refractivity contribution in [2.24, 2.45) is 0 Å². The molecule has 0 heterocycles. The van der Waals surface area contributed by atoms with Gasteiger partial charge >= 0.3 is 0 Å². The van der Waals surface area contributed by atoms with Crippen LogP contribution in [0.5, 0.6) is 17.2 Å². The zero-order valence-corrected chi connectivity index (χ0v) is 28.1. The summed E-state index contributed by atoms with van der Waals surface area (Å²) in [4.78, 5) is 0. The lowest BCUT2D eigenvalue weighted by Crippen LogP contribution is -2.27. The van der Waals surface area contributed by atoms with E-state index in [1.165, 1.54) is 0 Å². The van der Waals surface area contributed by atoms with E-state index in [1.54, 1.807) is 0 Å². The van der Waals surface area contributed by atoms with Crippen molar-refractivity contribution >= 4 is 0 Å². The highest BCUT2D eigenvalue weighted by atomic mass is 16.5. The number of hydrogen-bond acceptors (Lipinski definition) is 8. The summed E-state index contributed by atoms with van der Waals surface area (Å²) in [5, 5.41) is 33.6. The molecule has 0 aliphatic heterocycles. The van der Waals surface area contributed by atoms with E-state index in [1.807, 2.05) is 77.9 Å². The molecule has 3 aromatic rings. The predicted octanol–water partition coefficient (Wildman–Crippen LogP) is 7.19. The van der Waals surface area contributed by atoms with E-state index < -0.39 is 5.41 Å². The van der Waals surface area contributed by atoms with Crippen LogP contribution < -0.4 is 0 Å². The van der Waals surface area contributed by atoms with Gasteiger partial charge in [-0.05, 0) is 107 Å². The third-order valence-corrected chi connectivity index (χ3v) is 8.21. The number of rotatable bonds is 19. The van der Waals surface area contributed by atoms with E-state index >= 15 is 0 Å². The average molecular weight is 625 g/mol. The molecule has 8 heteroatoms. The van der Waals surface area contributed by atoms with Crippen LogP contribution in [0.2, 0.25) is 0 Å². The zero-order chi connectivity index (χ0) is 33.0. The lowest BCUT2D eigenvalue weighted by Gasteiger charge is -2.35. The van der Waals surface area contributed by atoms with Crippen molar-refractivity contribution in [3.8, 4) is 17.2 Å². The van der Waals surface area contributed by atoms with Crippen molar-refractivity contribution in [2.75, 3.05) is 39.6 Å². The van der Waals surface area contributed by atoms with Crippen molar-refractivity contribution in [1.82, 2.24) is 0 Å². The number of ether oxygens (including phenoxy) is 5. The largest absolute Gasteiger partial charge is 0.507 e. The first-order valence-electron chi connectivity index (χ1n) is 16.1. The third-order valence-electron chi connectivity index (χ3n) is 8.21. The third kappa shape index (κ3) is 8.77. The fraction of sp³-hybridized carbons (Fsp3) is 0.514. The van der Waals surface area contributed by atoms with Crippen LogP contribution >= 0.6 is 0 Å². The molecule has 0 aliphatic rings. The maximum absolute atomic E-state index is 11.3. The second-order valence-electron chi connectivity index (χ2n) is 11.2. The van der Waals surface area contributed by atoms with Crippen molar-refractivity contribution in [1.29, 1.82) is 0 Å². The van der Waals surface area contributed by atoms with E-state index in [4.69, 9.17) is 23.7 Å². The lowest BCUT2D eigenvalue weighted by molar-refractivity contribution is 0.126. The Labute approximate surface area is 268 Å². The number of benzene rings is 3. The summed E-state index contributed by atoms with van der Waals surface area (Å²) in [5.41, 5.74) is 6.10. The molecule has 0 fully saturated rings. The quantitative estimate of drug-likeness (QED) is 0.0951. The Morgan fingerprint density at radius 3 is 1.22 bits per heavy atom. The fourth-order valence-corrected chi connectivity index (χ4v) is 5.54. The second kappa shape index (κ2) is 17.5. The topological polar surface area (TPSA) is 107 Å². The predicted molar refractivity (Wildman–Crippen MR) is 176 cm³/mol. The van der Waals surface area contributed by atoms with E-state index in [0.29, 0.717) is 68.3 Å². The Kier molecular flexibility index (Phi) is 14.1. The average Bonchev–Trinajstić information content (AvgIpc) is 3.04. The number of aryl methyl sites for hydroxylation is 1. The second-order valence-corrected chi connectivity index (χ2v) is 11.2. The molecule has 3 rings (SSSR count). The van der Waals surface area contributed by atoms with Crippen LogP contribution in [0, 0.1) is 6.92 Å². The smallest absolute Gasteiger partial charge is 0.126 e. The minimum absolute atomic E-state index is 0.155. The highest BCUT2D eigenvalue weighted by Gasteiger charge is 2.35. The number of phenolic OH excluding ortho intramolecular Hbond substituents is 3. The Balaban J connectivity index is 2.43. The molecule has 0 bridgehead atoms. The van der Waals surface area contributed by atoms with Crippen molar-refractivity contribution in [3.63, 3.8) is 0 Å². The van der Waals surface area contributed by atoms with Gasteiger partial charge in [-0.3, -0.25) is 0 Å². The van der Waals surface area contributed by atoms with Crippen LogP contribution in [0.15, 0.2) is 36.4 Å². The molecule has 0 spiro atoms. The summed E-state index contributed by atoms with van der Waals surface area (Å²) < 4.78 is 28.8. The fourth-order valence-electron chi connectivity index (χ4n) is 5.54. The van der Waals surface area contributed by atoms with Gasteiger partial charge in [0.1, 0.15) is 17.2 Å². The van der Waals surface area contributed by atoms with Crippen LogP contribution in [0.25, 0.3) is 0 Å². The Bertz CT molecular complexity index is 1360. The molecular formula is C37H52O8. The summed E-state index contributed by atoms with van der Waals surface area (Å²) in [5.74, 6) is 0.560. The van der Waals surface area contributed by atoms with Gasteiger partial charge in [-0.1, -0.05) is 12.1 Å². The summed E-state index contributed by atoms with van der Waals surface area (Å²) in [6.45, 7) is 17.7. The summed E-state index contributed by atoms with van der Waals surface area (Å²) in [7, 11) is 0.